The molecule has 2 rings (SSSR count). The third-order valence-electron chi connectivity index (χ3n) is 2.26. The van der Waals surface area contributed by atoms with Gasteiger partial charge in [-0.15, -0.1) is 0 Å². The highest BCUT2D eigenvalue weighted by atomic mass is 19.1. The fourth-order valence-electron chi connectivity index (χ4n) is 1.36. The van der Waals surface area contributed by atoms with Crippen molar-refractivity contribution >= 4 is 17.4 Å². The van der Waals surface area contributed by atoms with Gasteiger partial charge in [-0.2, -0.15) is 15.4 Å². The van der Waals surface area contributed by atoms with Crippen molar-refractivity contribution in [3.05, 3.63) is 41.5 Å². The second-order valence-electron chi connectivity index (χ2n) is 3.49. The summed E-state index contributed by atoms with van der Waals surface area (Å²) < 4.78 is 13.4. The molecule has 2 aromatic rings. The number of carbonyl (C=O) groups is 1. The van der Waals surface area contributed by atoms with E-state index in [4.69, 9.17) is 10.9 Å². The molecule has 0 spiro atoms. The maximum Gasteiger partial charge on any atom is 0.277 e. The van der Waals surface area contributed by atoms with Gasteiger partial charge in [0.15, 0.2) is 11.5 Å². The number of oxime groups is 1. The Morgan fingerprint density at radius 3 is 2.95 bits per heavy atom. The summed E-state index contributed by atoms with van der Waals surface area (Å²) in [4.78, 5) is 11.7. The Bertz CT molecular complexity index is 625. The molecule has 0 saturated heterocycles. The zero-order chi connectivity index (χ0) is 13.8. The largest absolute Gasteiger partial charge is 0.409 e. The Kier molecular flexibility index (Phi) is 3.37. The molecule has 1 aromatic carbocycles. The number of amidine groups is 1. The molecule has 1 aromatic heterocycles. The lowest BCUT2D eigenvalue weighted by Crippen LogP contribution is -2.17. The third kappa shape index (κ3) is 2.65. The summed E-state index contributed by atoms with van der Waals surface area (Å²) >= 11 is 0. The summed E-state index contributed by atoms with van der Waals surface area (Å²) in [5, 5.41) is 23.1. The highest BCUT2D eigenvalue weighted by molar-refractivity contribution is 6.04. The molecule has 19 heavy (non-hydrogen) atoms. The number of hydrogen-bond donors (Lipinski definition) is 4. The fraction of sp³-hybridized carbons (Fsp3) is 0. The van der Waals surface area contributed by atoms with Gasteiger partial charge in [-0.25, -0.2) is 4.39 Å². The van der Waals surface area contributed by atoms with Crippen molar-refractivity contribution in [2.24, 2.45) is 10.9 Å². The maximum absolute atomic E-state index is 13.4. The first-order valence-corrected chi connectivity index (χ1v) is 5.06. The zero-order valence-corrected chi connectivity index (χ0v) is 9.46. The third-order valence-corrected chi connectivity index (χ3v) is 2.26. The van der Waals surface area contributed by atoms with Crippen LogP contribution in [0.2, 0.25) is 0 Å². The number of amides is 1. The summed E-state index contributed by atoms with van der Waals surface area (Å²) in [6.07, 6.45) is 1.24. The molecule has 1 amide bonds. The lowest BCUT2D eigenvalue weighted by molar-refractivity contribution is 0.102. The van der Waals surface area contributed by atoms with E-state index in [2.05, 4.69) is 25.9 Å². The quantitative estimate of drug-likeness (QED) is 0.274. The Morgan fingerprint density at radius 1 is 1.53 bits per heavy atom. The van der Waals surface area contributed by atoms with Crippen LogP contribution >= 0.6 is 0 Å². The molecular weight excluding hydrogens is 255 g/mol. The average Bonchev–Trinajstić information content (AvgIpc) is 2.94. The van der Waals surface area contributed by atoms with Crippen molar-refractivity contribution in [3.63, 3.8) is 0 Å². The molecule has 0 radical (unpaired) electrons. The first-order chi connectivity index (χ1) is 9.11. The van der Waals surface area contributed by atoms with Crippen LogP contribution in [-0.4, -0.2) is 32.4 Å². The van der Waals surface area contributed by atoms with E-state index in [0.717, 1.165) is 6.07 Å². The normalized spacial score (nSPS) is 11.3. The highest BCUT2D eigenvalue weighted by Gasteiger charge is 2.12. The summed E-state index contributed by atoms with van der Waals surface area (Å²) in [7, 11) is 0. The second kappa shape index (κ2) is 5.12. The molecule has 0 unspecified atom stereocenters. The monoisotopic (exact) mass is 264 g/mol. The number of rotatable bonds is 3. The summed E-state index contributed by atoms with van der Waals surface area (Å²) in [5.41, 5.74) is 5.54. The molecule has 0 aliphatic carbocycles. The fourth-order valence-corrected chi connectivity index (χ4v) is 1.36. The van der Waals surface area contributed by atoms with Gasteiger partial charge < -0.3 is 16.3 Å². The van der Waals surface area contributed by atoms with E-state index in [-0.39, 0.29) is 16.9 Å². The molecule has 0 saturated carbocycles. The van der Waals surface area contributed by atoms with E-state index in [1.165, 1.54) is 18.3 Å². The smallest absolute Gasteiger partial charge is 0.277 e. The minimum absolute atomic E-state index is 0.0784. The predicted molar refractivity (Wildman–Crippen MR) is 63.2 cm³/mol. The van der Waals surface area contributed by atoms with E-state index in [1.807, 2.05) is 0 Å². The maximum atomic E-state index is 13.4. The lowest BCUT2D eigenvalue weighted by atomic mass is 10.1. The van der Waals surface area contributed by atoms with Crippen LogP contribution < -0.4 is 11.1 Å². The van der Waals surface area contributed by atoms with E-state index >= 15 is 0 Å². The van der Waals surface area contributed by atoms with E-state index in [1.54, 1.807) is 0 Å². The molecular formula is C10H9FN6O2. The van der Waals surface area contributed by atoms with Crippen LogP contribution in [0.5, 0.6) is 0 Å². The van der Waals surface area contributed by atoms with Crippen molar-refractivity contribution in [2.45, 2.75) is 0 Å². The summed E-state index contributed by atoms with van der Waals surface area (Å²) in [6.45, 7) is 0. The van der Waals surface area contributed by atoms with Crippen molar-refractivity contribution in [1.82, 2.24) is 15.4 Å². The minimum atomic E-state index is -0.672. The van der Waals surface area contributed by atoms with Gasteiger partial charge in [0, 0.05) is 5.69 Å². The van der Waals surface area contributed by atoms with Crippen molar-refractivity contribution in [1.29, 1.82) is 0 Å². The van der Waals surface area contributed by atoms with Crippen molar-refractivity contribution < 1.29 is 14.4 Å². The predicted octanol–water partition coefficient (Wildman–Crippen LogP) is 0.291. The number of anilines is 1. The van der Waals surface area contributed by atoms with E-state index in [9.17, 15) is 9.18 Å². The second-order valence-corrected chi connectivity index (χ2v) is 3.49. The van der Waals surface area contributed by atoms with Gasteiger partial charge in [-0.1, -0.05) is 5.16 Å². The first-order valence-electron chi connectivity index (χ1n) is 5.06. The number of nitrogens with one attached hydrogen (secondary N) is 2. The van der Waals surface area contributed by atoms with Crippen molar-refractivity contribution in [3.8, 4) is 0 Å². The Hall–Kier alpha value is -2.97. The molecule has 8 nitrogen and oxygen atoms in total. The lowest BCUT2D eigenvalue weighted by Gasteiger charge is -2.06. The Balaban J connectivity index is 2.25. The number of aromatic amines is 1. The number of aromatic nitrogens is 3. The van der Waals surface area contributed by atoms with Gasteiger partial charge in [0.1, 0.15) is 5.82 Å². The first kappa shape index (κ1) is 12.5. The molecule has 9 heteroatoms. The van der Waals surface area contributed by atoms with E-state index in [0.29, 0.717) is 0 Å². The van der Waals surface area contributed by atoms with Crippen molar-refractivity contribution in [2.75, 3.05) is 5.32 Å². The molecule has 98 valence electrons. The molecule has 0 atom stereocenters. The number of nitrogens with zero attached hydrogens (tertiary/aromatic N) is 3. The molecule has 0 aliphatic rings. The van der Waals surface area contributed by atoms with Gasteiger partial charge in [0.25, 0.3) is 5.91 Å². The summed E-state index contributed by atoms with van der Waals surface area (Å²) in [5.74, 6) is -1.59. The van der Waals surface area contributed by atoms with Gasteiger partial charge in [0.2, 0.25) is 0 Å². The zero-order valence-electron chi connectivity index (χ0n) is 9.46. The van der Waals surface area contributed by atoms with Crippen LogP contribution in [0.4, 0.5) is 10.1 Å². The molecule has 0 bridgehead atoms. The standard InChI is InChI=1S/C10H9FN6O2/c11-7-2-1-5(3-6(7)9(12)16-19)14-10(18)8-4-13-17-15-8/h1-4,19H,(H2,12,16)(H,14,18)(H,13,15,17). The number of benzene rings is 1. The van der Waals surface area contributed by atoms with Gasteiger partial charge in [-0.05, 0) is 18.2 Å². The van der Waals surface area contributed by atoms with E-state index < -0.39 is 17.6 Å². The summed E-state index contributed by atoms with van der Waals surface area (Å²) in [6, 6.07) is 3.66. The van der Waals surface area contributed by atoms with Gasteiger partial charge >= 0.3 is 0 Å². The minimum Gasteiger partial charge on any atom is -0.409 e. The molecule has 0 fully saturated rings. The molecule has 1 heterocycles. The van der Waals surface area contributed by atoms with Crippen LogP contribution in [0.25, 0.3) is 0 Å². The van der Waals surface area contributed by atoms with Crippen LogP contribution in [0.1, 0.15) is 16.1 Å². The van der Waals surface area contributed by atoms with Crippen LogP contribution in [-0.2, 0) is 0 Å². The topological polar surface area (TPSA) is 129 Å². The number of carbonyl (C=O) groups excluding carboxylic acids is 1. The van der Waals surface area contributed by atoms with Crippen LogP contribution in [0.3, 0.4) is 0 Å². The highest BCUT2D eigenvalue weighted by Crippen LogP contribution is 2.15. The van der Waals surface area contributed by atoms with Crippen LogP contribution in [0, 0.1) is 5.82 Å². The number of hydrogen-bond acceptors (Lipinski definition) is 5. The van der Waals surface area contributed by atoms with Gasteiger partial charge in [-0.3, -0.25) is 4.79 Å². The Morgan fingerprint density at radius 2 is 2.32 bits per heavy atom. The molecule has 0 aliphatic heterocycles. The van der Waals surface area contributed by atoms with Gasteiger partial charge in [0.05, 0.1) is 11.8 Å². The Labute approximate surface area is 106 Å². The number of H-pyrrole nitrogens is 1. The number of halogens is 1. The molecule has 5 N–H and O–H groups in total. The average molecular weight is 264 g/mol. The SMILES string of the molecule is NC(=NO)c1cc(NC(=O)c2cn[nH]n2)ccc1F. The van der Waals surface area contributed by atoms with Crippen LogP contribution in [0.15, 0.2) is 29.6 Å². The number of nitrogens with two attached hydrogens (primary N) is 1.